The van der Waals surface area contributed by atoms with E-state index in [9.17, 15) is 18.0 Å². The molecule has 3 nitrogen and oxygen atoms in total. The Labute approximate surface area is 135 Å². The van der Waals surface area contributed by atoms with Crippen molar-refractivity contribution in [1.82, 2.24) is 9.80 Å². The smallest absolute Gasteiger partial charge is 0.338 e. The van der Waals surface area contributed by atoms with Crippen molar-refractivity contribution in [3.63, 3.8) is 0 Å². The summed E-state index contributed by atoms with van der Waals surface area (Å²) in [4.78, 5) is 16.4. The Morgan fingerprint density at radius 3 is 2.70 bits per heavy atom. The van der Waals surface area contributed by atoms with Crippen LogP contribution in [-0.2, 0) is 17.4 Å². The lowest BCUT2D eigenvalue weighted by Crippen LogP contribution is -2.48. The lowest BCUT2D eigenvalue weighted by molar-refractivity contribution is -0.138. The van der Waals surface area contributed by atoms with Crippen LogP contribution in [0.2, 0.25) is 0 Å². The number of rotatable bonds is 4. The average Bonchev–Trinajstić information content (AvgIpc) is 2.46. The van der Waals surface area contributed by atoms with Gasteiger partial charge in [-0.2, -0.15) is 13.2 Å². The fraction of sp³-hybridized carbons (Fsp3) is 0.588. The zero-order chi connectivity index (χ0) is 17.0. The predicted molar refractivity (Wildman–Crippen MR) is 83.1 cm³/mol. The molecule has 1 fully saturated rings. The van der Waals surface area contributed by atoms with E-state index >= 15 is 0 Å². The van der Waals surface area contributed by atoms with Crippen molar-refractivity contribution < 1.29 is 18.0 Å². The molecule has 1 aromatic carbocycles. The fourth-order valence-electron chi connectivity index (χ4n) is 3.07. The molecule has 1 aliphatic rings. The molecule has 0 aliphatic carbocycles. The molecule has 0 spiro atoms. The summed E-state index contributed by atoms with van der Waals surface area (Å²) in [6, 6.07) is 5.20. The van der Waals surface area contributed by atoms with Crippen molar-refractivity contribution in [1.29, 1.82) is 0 Å². The number of likely N-dealkylation sites (tertiary alicyclic amines) is 1. The summed E-state index contributed by atoms with van der Waals surface area (Å²) in [7, 11) is 3.92. The number of piperidine rings is 1. The van der Waals surface area contributed by atoms with Gasteiger partial charge in [0, 0.05) is 19.1 Å². The molecule has 1 atom stereocenters. The quantitative estimate of drug-likeness (QED) is 0.847. The molecular weight excluding hydrogens is 305 g/mol. The van der Waals surface area contributed by atoms with Crippen LogP contribution in [-0.4, -0.2) is 48.9 Å². The number of carbonyl (C=O) groups excluding carboxylic acids is 1. The molecule has 0 radical (unpaired) electrons. The minimum Gasteiger partial charge on any atom is -0.338 e. The SMILES string of the molecule is CN(C)C[C@@H]1CCCCN1C(=O)Cc1cccc(C(F)(F)F)c1. The van der Waals surface area contributed by atoms with Crippen LogP contribution >= 0.6 is 0 Å². The van der Waals surface area contributed by atoms with Crippen LogP contribution in [0.1, 0.15) is 30.4 Å². The largest absolute Gasteiger partial charge is 0.416 e. The molecule has 1 aromatic rings. The van der Waals surface area contributed by atoms with E-state index in [1.54, 1.807) is 6.07 Å². The van der Waals surface area contributed by atoms with Crippen LogP contribution < -0.4 is 0 Å². The summed E-state index contributed by atoms with van der Waals surface area (Å²) in [5.41, 5.74) is -0.287. The Hall–Kier alpha value is -1.56. The van der Waals surface area contributed by atoms with Crippen molar-refractivity contribution in [3.8, 4) is 0 Å². The van der Waals surface area contributed by atoms with Gasteiger partial charge in [-0.1, -0.05) is 18.2 Å². The van der Waals surface area contributed by atoms with E-state index in [2.05, 4.69) is 0 Å². The molecule has 23 heavy (non-hydrogen) atoms. The number of halogens is 3. The van der Waals surface area contributed by atoms with E-state index in [1.165, 1.54) is 6.07 Å². The van der Waals surface area contributed by atoms with Gasteiger partial charge >= 0.3 is 6.18 Å². The Bertz CT molecular complexity index is 543. The van der Waals surface area contributed by atoms with Crippen molar-refractivity contribution in [2.24, 2.45) is 0 Å². The van der Waals surface area contributed by atoms with Crippen LogP contribution in [0.3, 0.4) is 0 Å². The highest BCUT2D eigenvalue weighted by Crippen LogP contribution is 2.30. The minimum absolute atomic E-state index is 0.0217. The number of alkyl halides is 3. The zero-order valence-electron chi connectivity index (χ0n) is 13.6. The Morgan fingerprint density at radius 2 is 2.04 bits per heavy atom. The molecule has 0 saturated carbocycles. The van der Waals surface area contributed by atoms with Crippen LogP contribution in [0.25, 0.3) is 0 Å². The van der Waals surface area contributed by atoms with Gasteiger partial charge in [-0.05, 0) is 45.0 Å². The highest BCUT2D eigenvalue weighted by atomic mass is 19.4. The molecular formula is C17H23F3N2O. The molecule has 2 rings (SSSR count). The summed E-state index contributed by atoms with van der Waals surface area (Å²) >= 11 is 0. The molecule has 6 heteroatoms. The molecule has 0 N–H and O–H groups in total. The van der Waals surface area contributed by atoms with E-state index in [4.69, 9.17) is 0 Å². The lowest BCUT2D eigenvalue weighted by atomic mass is 10.00. The zero-order valence-corrected chi connectivity index (χ0v) is 13.6. The maximum atomic E-state index is 12.8. The first-order valence-electron chi connectivity index (χ1n) is 7.87. The lowest BCUT2D eigenvalue weighted by Gasteiger charge is -2.37. The van der Waals surface area contributed by atoms with Crippen molar-refractivity contribution in [2.45, 2.75) is 37.9 Å². The maximum Gasteiger partial charge on any atom is 0.416 e. The van der Waals surface area contributed by atoms with Gasteiger partial charge in [0.1, 0.15) is 0 Å². The highest BCUT2D eigenvalue weighted by Gasteiger charge is 2.31. The monoisotopic (exact) mass is 328 g/mol. The van der Waals surface area contributed by atoms with Gasteiger partial charge < -0.3 is 9.80 Å². The Kier molecular flexibility index (Phi) is 5.68. The second-order valence-corrected chi connectivity index (χ2v) is 6.37. The van der Waals surface area contributed by atoms with Crippen LogP contribution in [0, 0.1) is 0 Å². The number of likely N-dealkylation sites (N-methyl/N-ethyl adjacent to an activating group) is 1. The normalized spacial score (nSPS) is 19.2. The summed E-state index contributed by atoms with van der Waals surface area (Å²) < 4.78 is 38.3. The first-order valence-corrected chi connectivity index (χ1v) is 7.87. The molecule has 0 unspecified atom stereocenters. The van der Waals surface area contributed by atoms with Crippen molar-refractivity contribution >= 4 is 5.91 Å². The van der Waals surface area contributed by atoms with Crippen LogP contribution in [0.5, 0.6) is 0 Å². The first-order chi connectivity index (χ1) is 10.8. The van der Waals surface area contributed by atoms with E-state index in [0.29, 0.717) is 12.1 Å². The Morgan fingerprint density at radius 1 is 1.30 bits per heavy atom. The second-order valence-electron chi connectivity index (χ2n) is 6.37. The molecule has 0 aromatic heterocycles. The first kappa shape index (κ1) is 17.8. The number of benzene rings is 1. The fourth-order valence-corrected chi connectivity index (χ4v) is 3.07. The number of hydrogen-bond acceptors (Lipinski definition) is 2. The van der Waals surface area contributed by atoms with Crippen molar-refractivity contribution in [2.75, 3.05) is 27.2 Å². The van der Waals surface area contributed by atoms with E-state index in [-0.39, 0.29) is 18.4 Å². The third-order valence-electron chi connectivity index (χ3n) is 4.13. The molecule has 0 bridgehead atoms. The van der Waals surface area contributed by atoms with E-state index < -0.39 is 11.7 Å². The number of amides is 1. The average molecular weight is 328 g/mol. The third-order valence-corrected chi connectivity index (χ3v) is 4.13. The van der Waals surface area contributed by atoms with Crippen LogP contribution in [0.4, 0.5) is 13.2 Å². The standard InChI is InChI=1S/C17H23F3N2O/c1-21(2)12-15-8-3-4-9-22(15)16(23)11-13-6-5-7-14(10-13)17(18,19)20/h5-7,10,15H,3-4,8-9,11-12H2,1-2H3/t15-/m0/s1. The van der Waals surface area contributed by atoms with Gasteiger partial charge in [-0.15, -0.1) is 0 Å². The van der Waals surface area contributed by atoms with Gasteiger partial charge in [0.2, 0.25) is 5.91 Å². The second kappa shape index (κ2) is 7.34. The maximum absolute atomic E-state index is 12.8. The number of hydrogen-bond donors (Lipinski definition) is 0. The van der Waals surface area contributed by atoms with Gasteiger partial charge in [0.15, 0.2) is 0 Å². The molecule has 1 saturated heterocycles. The van der Waals surface area contributed by atoms with Gasteiger partial charge in [0.25, 0.3) is 0 Å². The predicted octanol–water partition coefficient (Wildman–Crippen LogP) is 3.19. The van der Waals surface area contributed by atoms with E-state index in [1.807, 2.05) is 23.9 Å². The molecule has 1 amide bonds. The molecule has 1 aliphatic heterocycles. The summed E-state index contributed by atoms with van der Waals surface area (Å²) in [6.45, 7) is 1.48. The Balaban J connectivity index is 2.08. The minimum atomic E-state index is -4.38. The topological polar surface area (TPSA) is 23.6 Å². The highest BCUT2D eigenvalue weighted by molar-refractivity contribution is 5.79. The third kappa shape index (κ3) is 4.96. The molecule has 128 valence electrons. The molecule has 1 heterocycles. The summed E-state index contributed by atoms with van der Waals surface area (Å²) in [5, 5.41) is 0. The van der Waals surface area contributed by atoms with E-state index in [0.717, 1.165) is 37.9 Å². The summed E-state index contributed by atoms with van der Waals surface area (Å²) in [5.74, 6) is -0.0872. The number of carbonyl (C=O) groups is 1. The number of nitrogens with zero attached hydrogens (tertiary/aromatic N) is 2. The summed E-state index contributed by atoms with van der Waals surface area (Å²) in [6.07, 6.45) is -1.36. The van der Waals surface area contributed by atoms with Crippen LogP contribution in [0.15, 0.2) is 24.3 Å². The van der Waals surface area contributed by atoms with Gasteiger partial charge in [-0.3, -0.25) is 4.79 Å². The van der Waals surface area contributed by atoms with Gasteiger partial charge in [0.05, 0.1) is 12.0 Å². The van der Waals surface area contributed by atoms with Crippen molar-refractivity contribution in [3.05, 3.63) is 35.4 Å². The van der Waals surface area contributed by atoms with Gasteiger partial charge in [-0.25, -0.2) is 0 Å².